The van der Waals surface area contributed by atoms with E-state index in [1.807, 2.05) is 25.1 Å². The van der Waals surface area contributed by atoms with Crippen LogP contribution in [0, 0.1) is 6.92 Å². The third-order valence-corrected chi connectivity index (χ3v) is 3.27. The molecular weight excluding hydrogens is 258 g/mol. The molecule has 0 atom stereocenters. The van der Waals surface area contributed by atoms with Crippen molar-refractivity contribution in [2.45, 2.75) is 20.4 Å². The standard InChI is InChI=1S/C14H13N3O3/c1-3-17-8(2)15-10-6-9(4-5-12(10)17)13-7-11(14(18)19)16-20-13/h4-7H,3H2,1-2H3,(H,18,19). The van der Waals surface area contributed by atoms with Crippen LogP contribution in [0.5, 0.6) is 0 Å². The van der Waals surface area contributed by atoms with Crippen molar-refractivity contribution < 1.29 is 14.4 Å². The number of carboxylic acids is 1. The summed E-state index contributed by atoms with van der Waals surface area (Å²) in [7, 11) is 0. The molecule has 0 saturated carbocycles. The van der Waals surface area contributed by atoms with Gasteiger partial charge in [0.1, 0.15) is 5.82 Å². The van der Waals surface area contributed by atoms with Gasteiger partial charge in [-0.25, -0.2) is 9.78 Å². The Morgan fingerprint density at radius 1 is 1.40 bits per heavy atom. The smallest absolute Gasteiger partial charge is 0.358 e. The zero-order valence-electron chi connectivity index (χ0n) is 11.1. The minimum atomic E-state index is -1.10. The molecule has 0 spiro atoms. The van der Waals surface area contributed by atoms with Crippen molar-refractivity contribution in [3.8, 4) is 11.3 Å². The maximum absolute atomic E-state index is 10.8. The molecule has 2 aromatic heterocycles. The zero-order chi connectivity index (χ0) is 14.3. The summed E-state index contributed by atoms with van der Waals surface area (Å²) in [6, 6.07) is 7.12. The SMILES string of the molecule is CCn1c(C)nc2cc(-c3cc(C(=O)O)no3)ccc21. The van der Waals surface area contributed by atoms with Gasteiger partial charge in [-0.15, -0.1) is 0 Å². The van der Waals surface area contributed by atoms with Crippen LogP contribution in [-0.4, -0.2) is 25.8 Å². The van der Waals surface area contributed by atoms with Gasteiger partial charge in [0, 0.05) is 18.2 Å². The number of imidazole rings is 1. The number of hydrogen-bond acceptors (Lipinski definition) is 4. The number of aromatic nitrogens is 3. The van der Waals surface area contributed by atoms with E-state index in [2.05, 4.69) is 21.6 Å². The van der Waals surface area contributed by atoms with Crippen LogP contribution in [0.1, 0.15) is 23.2 Å². The molecule has 0 unspecified atom stereocenters. The van der Waals surface area contributed by atoms with Crippen LogP contribution in [0.2, 0.25) is 0 Å². The molecule has 0 saturated heterocycles. The predicted molar refractivity (Wildman–Crippen MR) is 72.6 cm³/mol. The first-order chi connectivity index (χ1) is 9.60. The molecule has 0 aliphatic rings. The Hall–Kier alpha value is -2.63. The third kappa shape index (κ3) is 1.85. The monoisotopic (exact) mass is 271 g/mol. The van der Waals surface area contributed by atoms with Crippen LogP contribution in [0.25, 0.3) is 22.4 Å². The van der Waals surface area contributed by atoms with Gasteiger partial charge < -0.3 is 14.2 Å². The molecular formula is C14H13N3O3. The van der Waals surface area contributed by atoms with Crippen LogP contribution >= 0.6 is 0 Å². The lowest BCUT2D eigenvalue weighted by Gasteiger charge is -2.01. The highest BCUT2D eigenvalue weighted by Crippen LogP contribution is 2.25. The Bertz CT molecular complexity index is 801. The second-order valence-corrected chi connectivity index (χ2v) is 4.49. The van der Waals surface area contributed by atoms with Crippen LogP contribution in [0.4, 0.5) is 0 Å². The molecule has 3 aromatic rings. The number of rotatable bonds is 3. The molecule has 0 radical (unpaired) electrons. The molecule has 0 aliphatic carbocycles. The fraction of sp³-hybridized carbons (Fsp3) is 0.214. The molecule has 3 rings (SSSR count). The average Bonchev–Trinajstić information content (AvgIpc) is 3.00. The molecule has 6 heteroatoms. The van der Waals surface area contributed by atoms with Gasteiger partial charge in [-0.1, -0.05) is 5.16 Å². The largest absolute Gasteiger partial charge is 0.476 e. The maximum atomic E-state index is 10.8. The predicted octanol–water partition coefficient (Wildman–Crippen LogP) is 2.72. The first-order valence-corrected chi connectivity index (χ1v) is 6.27. The topological polar surface area (TPSA) is 81.2 Å². The van der Waals surface area contributed by atoms with Crippen LogP contribution < -0.4 is 0 Å². The lowest BCUT2D eigenvalue weighted by atomic mass is 10.1. The average molecular weight is 271 g/mol. The zero-order valence-corrected chi connectivity index (χ0v) is 11.1. The van der Waals surface area contributed by atoms with E-state index in [0.717, 1.165) is 29.0 Å². The Balaban J connectivity index is 2.10. The third-order valence-electron chi connectivity index (χ3n) is 3.27. The van der Waals surface area contributed by atoms with Crippen LogP contribution in [-0.2, 0) is 6.54 Å². The molecule has 0 aliphatic heterocycles. The Kier molecular flexibility index (Phi) is 2.78. The molecule has 6 nitrogen and oxygen atoms in total. The Morgan fingerprint density at radius 3 is 2.85 bits per heavy atom. The van der Waals surface area contributed by atoms with Gasteiger partial charge in [-0.05, 0) is 32.0 Å². The fourth-order valence-electron chi connectivity index (χ4n) is 2.31. The van der Waals surface area contributed by atoms with Crippen LogP contribution in [0.3, 0.4) is 0 Å². The van der Waals surface area contributed by atoms with E-state index in [0.29, 0.717) is 5.76 Å². The molecule has 2 heterocycles. The van der Waals surface area contributed by atoms with Crippen molar-refractivity contribution in [3.05, 3.63) is 35.8 Å². The van der Waals surface area contributed by atoms with Gasteiger partial charge in [0.15, 0.2) is 11.5 Å². The summed E-state index contributed by atoms with van der Waals surface area (Å²) in [6.07, 6.45) is 0. The van der Waals surface area contributed by atoms with Crippen molar-refractivity contribution in [1.29, 1.82) is 0 Å². The molecule has 0 bridgehead atoms. The van der Waals surface area contributed by atoms with Crippen LogP contribution in [0.15, 0.2) is 28.8 Å². The normalized spacial score (nSPS) is 11.1. The minimum Gasteiger partial charge on any atom is -0.476 e. The van der Waals surface area contributed by atoms with E-state index in [4.69, 9.17) is 9.63 Å². The van der Waals surface area contributed by atoms with E-state index in [1.165, 1.54) is 6.07 Å². The first kappa shape index (κ1) is 12.4. The summed E-state index contributed by atoms with van der Waals surface area (Å²) in [6.45, 7) is 4.88. The molecule has 102 valence electrons. The van der Waals surface area contributed by atoms with E-state index in [9.17, 15) is 4.79 Å². The number of aromatic carboxylic acids is 1. The van der Waals surface area contributed by atoms with Gasteiger partial charge in [0.05, 0.1) is 11.0 Å². The Labute approximate surface area is 114 Å². The van der Waals surface area contributed by atoms with Crippen molar-refractivity contribution in [1.82, 2.24) is 14.7 Å². The van der Waals surface area contributed by atoms with E-state index in [-0.39, 0.29) is 5.69 Å². The molecule has 1 aromatic carbocycles. The van der Waals surface area contributed by atoms with Gasteiger partial charge in [-0.2, -0.15) is 0 Å². The van der Waals surface area contributed by atoms with E-state index in [1.54, 1.807) is 0 Å². The number of carbonyl (C=O) groups is 1. The van der Waals surface area contributed by atoms with Crippen molar-refractivity contribution in [3.63, 3.8) is 0 Å². The highest BCUT2D eigenvalue weighted by atomic mass is 16.5. The number of hydrogen-bond donors (Lipinski definition) is 1. The highest BCUT2D eigenvalue weighted by molar-refractivity contribution is 5.87. The lowest BCUT2D eigenvalue weighted by Crippen LogP contribution is -1.95. The summed E-state index contributed by atoms with van der Waals surface area (Å²) in [5.74, 6) is 0.267. The summed E-state index contributed by atoms with van der Waals surface area (Å²) in [4.78, 5) is 15.3. The fourth-order valence-corrected chi connectivity index (χ4v) is 2.31. The number of benzene rings is 1. The second-order valence-electron chi connectivity index (χ2n) is 4.49. The summed E-state index contributed by atoms with van der Waals surface area (Å²) < 4.78 is 7.17. The van der Waals surface area contributed by atoms with Crippen molar-refractivity contribution >= 4 is 17.0 Å². The quantitative estimate of drug-likeness (QED) is 0.792. The second kappa shape index (κ2) is 4.48. The highest BCUT2D eigenvalue weighted by Gasteiger charge is 2.14. The molecule has 0 amide bonds. The van der Waals surface area contributed by atoms with Crippen molar-refractivity contribution in [2.75, 3.05) is 0 Å². The summed E-state index contributed by atoms with van der Waals surface area (Å²) >= 11 is 0. The first-order valence-electron chi connectivity index (χ1n) is 6.27. The number of fused-ring (bicyclic) bond motifs is 1. The van der Waals surface area contributed by atoms with E-state index < -0.39 is 5.97 Å². The van der Waals surface area contributed by atoms with Gasteiger partial charge in [0.2, 0.25) is 0 Å². The summed E-state index contributed by atoms with van der Waals surface area (Å²) in [5, 5.41) is 12.4. The van der Waals surface area contributed by atoms with Crippen molar-refractivity contribution in [2.24, 2.45) is 0 Å². The Morgan fingerprint density at radius 2 is 2.20 bits per heavy atom. The lowest BCUT2D eigenvalue weighted by molar-refractivity contribution is 0.0686. The number of carboxylic acid groups (broad SMARTS) is 1. The maximum Gasteiger partial charge on any atom is 0.358 e. The van der Waals surface area contributed by atoms with Gasteiger partial charge in [0.25, 0.3) is 0 Å². The number of aryl methyl sites for hydroxylation is 2. The minimum absolute atomic E-state index is 0.102. The molecule has 0 fully saturated rings. The van der Waals surface area contributed by atoms with Gasteiger partial charge >= 0.3 is 5.97 Å². The van der Waals surface area contributed by atoms with Gasteiger partial charge in [-0.3, -0.25) is 0 Å². The molecule has 20 heavy (non-hydrogen) atoms. The summed E-state index contributed by atoms with van der Waals surface area (Å²) in [5.41, 5.74) is 2.57. The van der Waals surface area contributed by atoms with E-state index >= 15 is 0 Å². The molecule has 1 N–H and O–H groups in total. The number of nitrogens with zero attached hydrogens (tertiary/aromatic N) is 3.